The Kier molecular flexibility index (Phi) is 5.86. The molecule has 148 valence electrons. The minimum absolute atomic E-state index is 0.105. The summed E-state index contributed by atoms with van der Waals surface area (Å²) in [7, 11) is 0. The predicted octanol–water partition coefficient (Wildman–Crippen LogP) is 4.14. The monoisotopic (exact) mass is 386 g/mol. The molecule has 1 N–H and O–H groups in total. The highest BCUT2D eigenvalue weighted by Crippen LogP contribution is 2.21. The number of carbonyl (C=O) groups is 1. The zero-order valence-corrected chi connectivity index (χ0v) is 16.7. The first-order valence-corrected chi connectivity index (χ1v) is 10.1. The lowest BCUT2D eigenvalue weighted by Gasteiger charge is -2.35. The van der Waals surface area contributed by atoms with Crippen molar-refractivity contribution in [3.05, 3.63) is 78.6 Å². The van der Waals surface area contributed by atoms with Crippen LogP contribution in [0, 0.1) is 0 Å². The summed E-state index contributed by atoms with van der Waals surface area (Å²) in [6.07, 6.45) is 3.57. The standard InChI is InChI=1S/C24H26N4O/c1-2-27-14-16-28(17-15-27)23-11-9-22(10-12-23)26-24(29)20-7-5-19(6-8-20)21-4-3-13-25-18-21/h3-13,18H,2,14-17H2,1H3,(H,26,29). The van der Waals surface area contributed by atoms with Crippen molar-refractivity contribution in [3.63, 3.8) is 0 Å². The molecule has 1 fully saturated rings. The van der Waals surface area contributed by atoms with E-state index in [9.17, 15) is 4.79 Å². The summed E-state index contributed by atoms with van der Waals surface area (Å²) in [5.41, 5.74) is 4.73. The molecule has 5 heteroatoms. The molecule has 29 heavy (non-hydrogen) atoms. The Morgan fingerprint density at radius 3 is 2.28 bits per heavy atom. The molecule has 4 rings (SSSR count). The van der Waals surface area contributed by atoms with Crippen LogP contribution in [0.15, 0.2) is 73.1 Å². The minimum Gasteiger partial charge on any atom is -0.369 e. The molecule has 0 spiro atoms. The van der Waals surface area contributed by atoms with Crippen LogP contribution in [0.1, 0.15) is 17.3 Å². The second-order valence-electron chi connectivity index (χ2n) is 7.24. The molecular weight excluding hydrogens is 360 g/mol. The van der Waals surface area contributed by atoms with Gasteiger partial charge in [0, 0.05) is 55.5 Å². The van der Waals surface area contributed by atoms with Crippen molar-refractivity contribution in [1.82, 2.24) is 9.88 Å². The van der Waals surface area contributed by atoms with Crippen molar-refractivity contribution >= 4 is 17.3 Å². The molecule has 0 unspecified atom stereocenters. The third kappa shape index (κ3) is 4.63. The van der Waals surface area contributed by atoms with Crippen LogP contribution in [0.2, 0.25) is 0 Å². The van der Waals surface area contributed by atoms with E-state index in [1.54, 1.807) is 6.20 Å². The fourth-order valence-corrected chi connectivity index (χ4v) is 3.63. The number of carbonyl (C=O) groups excluding carboxylic acids is 1. The van der Waals surface area contributed by atoms with E-state index >= 15 is 0 Å². The Labute approximate surface area is 172 Å². The SMILES string of the molecule is CCN1CCN(c2ccc(NC(=O)c3ccc(-c4cccnc4)cc3)cc2)CC1. The highest BCUT2D eigenvalue weighted by molar-refractivity contribution is 6.04. The molecule has 5 nitrogen and oxygen atoms in total. The average molecular weight is 386 g/mol. The molecule has 0 radical (unpaired) electrons. The minimum atomic E-state index is -0.105. The van der Waals surface area contributed by atoms with Crippen LogP contribution in [-0.4, -0.2) is 48.5 Å². The molecule has 0 saturated carbocycles. The van der Waals surface area contributed by atoms with E-state index in [-0.39, 0.29) is 5.91 Å². The highest BCUT2D eigenvalue weighted by atomic mass is 16.1. The number of benzene rings is 2. The Hall–Kier alpha value is -3.18. The number of piperazine rings is 1. The molecule has 2 aromatic carbocycles. The van der Waals surface area contributed by atoms with Crippen LogP contribution >= 0.6 is 0 Å². The zero-order valence-electron chi connectivity index (χ0n) is 16.7. The van der Waals surface area contributed by atoms with Gasteiger partial charge in [-0.05, 0) is 60.1 Å². The number of likely N-dealkylation sites (N-methyl/N-ethyl adjacent to an activating group) is 1. The fraction of sp³-hybridized carbons (Fsp3) is 0.250. The first-order chi connectivity index (χ1) is 14.2. The Bertz CT molecular complexity index is 931. The van der Waals surface area contributed by atoms with Crippen molar-refractivity contribution in [2.75, 3.05) is 42.9 Å². The second-order valence-corrected chi connectivity index (χ2v) is 7.24. The van der Waals surface area contributed by atoms with E-state index in [1.165, 1.54) is 5.69 Å². The number of hydrogen-bond donors (Lipinski definition) is 1. The molecule has 2 heterocycles. The fourth-order valence-electron chi connectivity index (χ4n) is 3.63. The molecule has 0 aliphatic carbocycles. The molecule has 3 aromatic rings. The van der Waals surface area contributed by atoms with E-state index in [2.05, 4.69) is 39.2 Å². The van der Waals surface area contributed by atoms with E-state index < -0.39 is 0 Å². The largest absolute Gasteiger partial charge is 0.369 e. The van der Waals surface area contributed by atoms with Gasteiger partial charge < -0.3 is 15.1 Å². The first-order valence-electron chi connectivity index (χ1n) is 10.1. The zero-order chi connectivity index (χ0) is 20.1. The number of nitrogens with zero attached hydrogens (tertiary/aromatic N) is 3. The lowest BCUT2D eigenvalue weighted by atomic mass is 10.1. The lowest BCUT2D eigenvalue weighted by molar-refractivity contribution is 0.102. The third-order valence-electron chi connectivity index (χ3n) is 5.45. The van der Waals surface area contributed by atoms with Gasteiger partial charge in [-0.25, -0.2) is 0 Å². The van der Waals surface area contributed by atoms with Gasteiger partial charge in [0.05, 0.1) is 0 Å². The van der Waals surface area contributed by atoms with Crippen LogP contribution < -0.4 is 10.2 Å². The first kappa shape index (κ1) is 19.2. The Morgan fingerprint density at radius 1 is 0.931 bits per heavy atom. The number of amides is 1. The molecular formula is C24H26N4O. The number of nitrogens with one attached hydrogen (secondary N) is 1. The normalized spacial score (nSPS) is 14.6. The quantitative estimate of drug-likeness (QED) is 0.716. The summed E-state index contributed by atoms with van der Waals surface area (Å²) >= 11 is 0. The summed E-state index contributed by atoms with van der Waals surface area (Å²) in [5.74, 6) is -0.105. The third-order valence-corrected chi connectivity index (χ3v) is 5.45. The summed E-state index contributed by atoms with van der Waals surface area (Å²) in [6.45, 7) is 7.61. The van der Waals surface area contributed by atoms with Crippen LogP contribution in [0.4, 0.5) is 11.4 Å². The van der Waals surface area contributed by atoms with Crippen molar-refractivity contribution in [2.45, 2.75) is 6.92 Å². The van der Waals surface area contributed by atoms with E-state index in [0.29, 0.717) is 5.56 Å². The molecule has 0 atom stereocenters. The predicted molar refractivity (Wildman–Crippen MR) is 118 cm³/mol. The van der Waals surface area contributed by atoms with E-state index in [4.69, 9.17) is 0 Å². The van der Waals surface area contributed by atoms with Crippen molar-refractivity contribution < 1.29 is 4.79 Å². The maximum absolute atomic E-state index is 12.6. The van der Waals surface area contributed by atoms with Gasteiger partial charge in [-0.15, -0.1) is 0 Å². The smallest absolute Gasteiger partial charge is 0.255 e. The van der Waals surface area contributed by atoms with Crippen LogP contribution in [-0.2, 0) is 0 Å². The number of hydrogen-bond acceptors (Lipinski definition) is 4. The van der Waals surface area contributed by atoms with Gasteiger partial charge in [0.15, 0.2) is 0 Å². The average Bonchev–Trinajstić information content (AvgIpc) is 2.80. The van der Waals surface area contributed by atoms with E-state index in [0.717, 1.165) is 49.5 Å². The van der Waals surface area contributed by atoms with Crippen molar-refractivity contribution in [2.24, 2.45) is 0 Å². The summed E-state index contributed by atoms with van der Waals surface area (Å²) in [4.78, 5) is 21.6. The maximum atomic E-state index is 12.6. The summed E-state index contributed by atoms with van der Waals surface area (Å²) < 4.78 is 0. The van der Waals surface area contributed by atoms with Crippen molar-refractivity contribution in [3.8, 4) is 11.1 Å². The van der Waals surface area contributed by atoms with Gasteiger partial charge in [0.2, 0.25) is 0 Å². The van der Waals surface area contributed by atoms with Gasteiger partial charge in [0.25, 0.3) is 5.91 Å². The highest BCUT2D eigenvalue weighted by Gasteiger charge is 2.15. The van der Waals surface area contributed by atoms with Gasteiger partial charge in [-0.2, -0.15) is 0 Å². The van der Waals surface area contributed by atoms with Crippen LogP contribution in [0.25, 0.3) is 11.1 Å². The Morgan fingerprint density at radius 2 is 1.66 bits per heavy atom. The molecule has 1 amide bonds. The molecule has 0 bridgehead atoms. The van der Waals surface area contributed by atoms with E-state index in [1.807, 2.05) is 54.7 Å². The number of rotatable bonds is 5. The molecule has 1 aromatic heterocycles. The number of aromatic nitrogens is 1. The summed E-state index contributed by atoms with van der Waals surface area (Å²) in [5, 5.41) is 2.99. The lowest BCUT2D eigenvalue weighted by Crippen LogP contribution is -2.46. The van der Waals surface area contributed by atoms with Gasteiger partial charge in [-0.1, -0.05) is 25.1 Å². The molecule has 1 aliphatic heterocycles. The molecule has 1 aliphatic rings. The van der Waals surface area contributed by atoms with Gasteiger partial charge in [0.1, 0.15) is 0 Å². The van der Waals surface area contributed by atoms with Crippen LogP contribution in [0.5, 0.6) is 0 Å². The van der Waals surface area contributed by atoms with Crippen molar-refractivity contribution in [1.29, 1.82) is 0 Å². The Balaban J connectivity index is 1.37. The number of anilines is 2. The maximum Gasteiger partial charge on any atom is 0.255 e. The van der Waals surface area contributed by atoms with Gasteiger partial charge >= 0.3 is 0 Å². The molecule has 1 saturated heterocycles. The second kappa shape index (κ2) is 8.88. The topological polar surface area (TPSA) is 48.5 Å². The van der Waals surface area contributed by atoms with Crippen LogP contribution in [0.3, 0.4) is 0 Å². The number of pyridine rings is 1. The summed E-state index contributed by atoms with van der Waals surface area (Å²) in [6, 6.07) is 19.6. The van der Waals surface area contributed by atoms with Gasteiger partial charge in [-0.3, -0.25) is 9.78 Å².